The lowest BCUT2D eigenvalue weighted by atomic mass is 9.90. The lowest BCUT2D eigenvalue weighted by molar-refractivity contribution is -0.116. The van der Waals surface area contributed by atoms with E-state index in [1.54, 1.807) is 7.05 Å². The number of hydrogen-bond donors (Lipinski definition) is 3. The van der Waals surface area contributed by atoms with Gasteiger partial charge in [-0.05, 0) is 39.1 Å². The first kappa shape index (κ1) is 24.6. The van der Waals surface area contributed by atoms with Crippen molar-refractivity contribution in [3.8, 4) is 0 Å². The van der Waals surface area contributed by atoms with E-state index >= 15 is 0 Å². The Bertz CT molecular complexity index is 639. The van der Waals surface area contributed by atoms with Crippen LogP contribution in [0.2, 0.25) is 0 Å². The van der Waals surface area contributed by atoms with Crippen LogP contribution in [0.1, 0.15) is 31.2 Å². The third-order valence-corrected chi connectivity index (χ3v) is 4.64. The average molecular weight is 503 g/mol. The SMILES string of the molecule is CCOC(CCN(C)C)CNC(=NC)NCC1CC(=O)Nc2ccccc21.I. The third kappa shape index (κ3) is 7.92. The standard InChI is InChI=1S/C20H33N5O2.HI/c1-5-27-16(10-11-25(3)4)14-23-20(21-2)22-13-15-12-19(26)24-18-9-7-6-8-17(15)18;/h6-9,15-16H,5,10-14H2,1-4H3,(H,24,26)(H2,21,22,23);1H. The van der Waals surface area contributed by atoms with E-state index in [1.165, 1.54) is 5.56 Å². The van der Waals surface area contributed by atoms with Gasteiger partial charge in [0.2, 0.25) is 5.91 Å². The van der Waals surface area contributed by atoms with Gasteiger partial charge in [-0.15, -0.1) is 24.0 Å². The molecule has 8 heteroatoms. The van der Waals surface area contributed by atoms with Crippen LogP contribution in [0.15, 0.2) is 29.3 Å². The van der Waals surface area contributed by atoms with Crippen molar-refractivity contribution in [1.82, 2.24) is 15.5 Å². The number of fused-ring (bicyclic) bond motifs is 1. The molecule has 2 unspecified atom stereocenters. The van der Waals surface area contributed by atoms with Crippen molar-refractivity contribution in [1.29, 1.82) is 0 Å². The number of aliphatic imine (C=N–C) groups is 1. The van der Waals surface area contributed by atoms with Crippen LogP contribution in [0.5, 0.6) is 0 Å². The van der Waals surface area contributed by atoms with Crippen molar-refractivity contribution in [2.75, 3.05) is 52.7 Å². The lowest BCUT2D eigenvalue weighted by Crippen LogP contribution is -2.44. The summed E-state index contributed by atoms with van der Waals surface area (Å²) >= 11 is 0. The fourth-order valence-corrected chi connectivity index (χ4v) is 3.22. The van der Waals surface area contributed by atoms with Crippen molar-refractivity contribution in [3.05, 3.63) is 29.8 Å². The van der Waals surface area contributed by atoms with E-state index < -0.39 is 0 Å². The molecule has 3 N–H and O–H groups in total. The van der Waals surface area contributed by atoms with E-state index in [1.807, 2.05) is 25.1 Å². The van der Waals surface area contributed by atoms with Crippen molar-refractivity contribution < 1.29 is 9.53 Å². The summed E-state index contributed by atoms with van der Waals surface area (Å²) < 4.78 is 5.82. The molecule has 0 aliphatic carbocycles. The average Bonchev–Trinajstić information content (AvgIpc) is 2.65. The second-order valence-electron chi connectivity index (χ2n) is 7.04. The summed E-state index contributed by atoms with van der Waals surface area (Å²) in [4.78, 5) is 18.4. The van der Waals surface area contributed by atoms with E-state index in [2.05, 4.69) is 46.0 Å². The molecule has 0 spiro atoms. The zero-order valence-corrected chi connectivity index (χ0v) is 19.7. The Morgan fingerprint density at radius 1 is 1.36 bits per heavy atom. The number of carbonyl (C=O) groups excluding carboxylic acids is 1. The van der Waals surface area contributed by atoms with Gasteiger partial charge in [-0.3, -0.25) is 9.79 Å². The predicted molar refractivity (Wildman–Crippen MR) is 126 cm³/mol. The van der Waals surface area contributed by atoms with Gasteiger partial charge in [-0.2, -0.15) is 0 Å². The molecule has 0 aromatic heterocycles. The third-order valence-electron chi connectivity index (χ3n) is 4.64. The Morgan fingerprint density at radius 2 is 2.11 bits per heavy atom. The molecular formula is C20H34IN5O2. The summed E-state index contributed by atoms with van der Waals surface area (Å²) in [6.07, 6.45) is 1.57. The van der Waals surface area contributed by atoms with Gasteiger partial charge in [0.25, 0.3) is 0 Å². The van der Waals surface area contributed by atoms with E-state index in [-0.39, 0.29) is 41.9 Å². The number of nitrogens with one attached hydrogen (secondary N) is 3. The Hall–Kier alpha value is -1.39. The molecule has 2 atom stereocenters. The van der Waals surface area contributed by atoms with Gasteiger partial charge < -0.3 is 25.6 Å². The Labute approximate surface area is 185 Å². The van der Waals surface area contributed by atoms with Crippen LogP contribution in [0.25, 0.3) is 0 Å². The number of anilines is 1. The Balaban J connectivity index is 0.00000392. The Kier molecular flexibility index (Phi) is 11.4. The molecule has 1 aliphatic heterocycles. The largest absolute Gasteiger partial charge is 0.377 e. The molecule has 2 rings (SSSR count). The van der Waals surface area contributed by atoms with Crippen LogP contribution in [-0.4, -0.2) is 70.3 Å². The van der Waals surface area contributed by atoms with Crippen molar-refractivity contribution >= 4 is 41.5 Å². The number of halogens is 1. The zero-order valence-electron chi connectivity index (χ0n) is 17.3. The molecule has 1 amide bonds. The first-order valence-electron chi connectivity index (χ1n) is 9.63. The van der Waals surface area contributed by atoms with E-state index in [0.717, 1.165) is 24.6 Å². The normalized spacial score (nSPS) is 17.4. The summed E-state index contributed by atoms with van der Waals surface area (Å²) in [5, 5.41) is 9.64. The molecule has 0 radical (unpaired) electrons. The smallest absolute Gasteiger partial charge is 0.225 e. The minimum Gasteiger partial charge on any atom is -0.377 e. The van der Waals surface area contributed by atoms with Gasteiger partial charge >= 0.3 is 0 Å². The molecule has 1 aromatic carbocycles. The summed E-state index contributed by atoms with van der Waals surface area (Å²) in [5.74, 6) is 0.918. The number of amides is 1. The maximum atomic E-state index is 12.0. The van der Waals surface area contributed by atoms with Gasteiger partial charge in [0.1, 0.15) is 0 Å². The number of para-hydroxylation sites is 1. The van der Waals surface area contributed by atoms with E-state index in [4.69, 9.17) is 4.74 Å². The fourth-order valence-electron chi connectivity index (χ4n) is 3.22. The fraction of sp³-hybridized carbons (Fsp3) is 0.600. The van der Waals surface area contributed by atoms with Crippen LogP contribution < -0.4 is 16.0 Å². The zero-order chi connectivity index (χ0) is 19.6. The minimum atomic E-state index is 0. The number of carbonyl (C=O) groups is 1. The molecule has 0 bridgehead atoms. The van der Waals surface area contributed by atoms with Gasteiger partial charge in [0, 0.05) is 51.3 Å². The van der Waals surface area contributed by atoms with Crippen LogP contribution in [0.3, 0.4) is 0 Å². The summed E-state index contributed by atoms with van der Waals surface area (Å²) in [7, 11) is 5.89. The maximum absolute atomic E-state index is 12.0. The van der Waals surface area contributed by atoms with Gasteiger partial charge in [-0.1, -0.05) is 18.2 Å². The molecule has 7 nitrogen and oxygen atoms in total. The highest BCUT2D eigenvalue weighted by Crippen LogP contribution is 2.31. The number of guanidine groups is 1. The van der Waals surface area contributed by atoms with Crippen LogP contribution in [0.4, 0.5) is 5.69 Å². The number of benzene rings is 1. The van der Waals surface area contributed by atoms with E-state index in [9.17, 15) is 4.79 Å². The first-order chi connectivity index (χ1) is 13.0. The second-order valence-corrected chi connectivity index (χ2v) is 7.04. The number of ether oxygens (including phenoxy) is 1. The van der Waals surface area contributed by atoms with Crippen molar-refractivity contribution in [3.63, 3.8) is 0 Å². The molecule has 28 heavy (non-hydrogen) atoms. The predicted octanol–water partition coefficient (Wildman–Crippen LogP) is 2.25. The molecule has 158 valence electrons. The van der Waals surface area contributed by atoms with E-state index in [0.29, 0.717) is 26.1 Å². The number of hydrogen-bond acceptors (Lipinski definition) is 4. The topological polar surface area (TPSA) is 78.0 Å². The van der Waals surface area contributed by atoms with Crippen molar-refractivity contribution in [2.45, 2.75) is 31.8 Å². The first-order valence-corrected chi connectivity index (χ1v) is 9.63. The molecule has 1 aromatic rings. The molecular weight excluding hydrogens is 469 g/mol. The minimum absolute atomic E-state index is 0. The molecule has 0 saturated carbocycles. The molecule has 0 saturated heterocycles. The van der Waals surface area contributed by atoms with Crippen molar-refractivity contribution in [2.24, 2.45) is 4.99 Å². The highest BCUT2D eigenvalue weighted by Gasteiger charge is 2.24. The second kappa shape index (κ2) is 12.9. The Morgan fingerprint density at radius 3 is 2.79 bits per heavy atom. The van der Waals surface area contributed by atoms with Crippen LogP contribution >= 0.6 is 24.0 Å². The van der Waals surface area contributed by atoms with Gasteiger partial charge in [0.15, 0.2) is 5.96 Å². The summed E-state index contributed by atoms with van der Waals surface area (Å²) in [6, 6.07) is 7.97. The molecule has 1 aliphatic rings. The quantitative estimate of drug-likeness (QED) is 0.274. The molecule has 1 heterocycles. The number of rotatable bonds is 9. The van der Waals surface area contributed by atoms with Gasteiger partial charge in [-0.25, -0.2) is 0 Å². The number of nitrogens with zero attached hydrogens (tertiary/aromatic N) is 2. The summed E-state index contributed by atoms with van der Waals surface area (Å²) in [5.41, 5.74) is 2.07. The highest BCUT2D eigenvalue weighted by atomic mass is 127. The van der Waals surface area contributed by atoms with Crippen LogP contribution in [0, 0.1) is 0 Å². The van der Waals surface area contributed by atoms with Gasteiger partial charge in [0.05, 0.1) is 6.10 Å². The lowest BCUT2D eigenvalue weighted by Gasteiger charge is -2.27. The monoisotopic (exact) mass is 503 g/mol. The van der Waals surface area contributed by atoms with Crippen LogP contribution in [-0.2, 0) is 9.53 Å². The molecule has 0 fully saturated rings. The highest BCUT2D eigenvalue weighted by molar-refractivity contribution is 14.0. The maximum Gasteiger partial charge on any atom is 0.225 e. The summed E-state index contributed by atoms with van der Waals surface area (Å²) in [6.45, 7) is 5.04.